The van der Waals surface area contributed by atoms with Crippen LogP contribution < -0.4 is 5.32 Å². The van der Waals surface area contributed by atoms with Crippen molar-refractivity contribution in [2.75, 3.05) is 19.3 Å². The van der Waals surface area contributed by atoms with Crippen LogP contribution in [0.15, 0.2) is 0 Å². The summed E-state index contributed by atoms with van der Waals surface area (Å²) in [4.78, 5) is 0. The lowest BCUT2D eigenvalue weighted by Gasteiger charge is -1.85. The minimum Gasteiger partial charge on any atom is -0.319 e. The summed E-state index contributed by atoms with van der Waals surface area (Å²) in [5, 5.41) is 2.63. The maximum absolute atomic E-state index is 10.0. The molecule has 0 aromatic rings. The quantitative estimate of drug-likeness (QED) is 0.465. The average molecular weight is 124 g/mol. The van der Waals surface area contributed by atoms with Crippen LogP contribution in [-0.2, 0) is 10.6 Å². The summed E-state index contributed by atoms with van der Waals surface area (Å²) in [6.45, 7) is 0.353. The van der Waals surface area contributed by atoms with Crippen molar-refractivity contribution in [3.63, 3.8) is 0 Å². The van der Waals surface area contributed by atoms with Crippen LogP contribution in [0.3, 0.4) is 0 Å². The fourth-order valence-corrected chi connectivity index (χ4v) is 0.556. The molecule has 0 heterocycles. The lowest BCUT2D eigenvalue weighted by molar-refractivity contribution is 0.612. The summed E-state index contributed by atoms with van der Waals surface area (Å²) in [5.41, 5.74) is 0. The maximum Gasteiger partial charge on any atom is 0.174 e. The topological polar surface area (TPSA) is 46.2 Å². The smallest absolute Gasteiger partial charge is 0.174 e. The van der Waals surface area contributed by atoms with E-state index >= 15 is 0 Å². The molecule has 0 atom stereocenters. The van der Waals surface area contributed by atoms with E-state index in [1.54, 1.807) is 7.05 Å². The Kier molecular flexibility index (Phi) is 2.95. The van der Waals surface area contributed by atoms with Crippen molar-refractivity contribution in [3.8, 4) is 0 Å². The van der Waals surface area contributed by atoms with Crippen LogP contribution in [0.25, 0.3) is 0 Å². The van der Waals surface area contributed by atoms with Crippen molar-refractivity contribution >= 4 is 10.6 Å². The van der Waals surface area contributed by atoms with Gasteiger partial charge in [0, 0.05) is 6.54 Å². The van der Waals surface area contributed by atoms with Gasteiger partial charge in [0.1, 0.15) is 10.6 Å². The highest BCUT2D eigenvalue weighted by atomic mass is 32.2. The molecule has 0 aromatic carbocycles. The molecular weight excluding hydrogens is 114 g/mol. The summed E-state index contributed by atoms with van der Waals surface area (Å²) in [5.74, 6) is -0.108. The first-order chi connectivity index (χ1) is 3.56. The van der Waals surface area contributed by atoms with Gasteiger partial charge in [0.2, 0.25) is 0 Å². The third kappa shape index (κ3) is 5.91. The summed E-state index contributed by atoms with van der Waals surface area (Å²) in [6.07, 6.45) is 0. The molecule has 0 radical (unpaired) electrons. The number of hydrogen-bond acceptors (Lipinski definition) is 3. The Morgan fingerprint density at radius 3 is 2.57 bits per heavy atom. The van der Waals surface area contributed by atoms with Gasteiger partial charge in [-0.1, -0.05) is 0 Å². The fraction of sp³-hybridized carbons (Fsp3) is 1.00. The van der Waals surface area contributed by atoms with Crippen molar-refractivity contribution in [3.05, 3.63) is 0 Å². The monoisotopic (exact) mass is 124 g/mol. The second kappa shape index (κ2) is 4.08. The third-order valence-corrected chi connectivity index (χ3v) is 1.06. The molecule has 0 rings (SSSR count). The summed E-state index contributed by atoms with van der Waals surface area (Å²) >= 11 is 0. The number of thiol groups is 1. The zero-order chi connectivity index (χ0) is 6.62. The van der Waals surface area contributed by atoms with Gasteiger partial charge in [-0.25, -0.2) is 8.42 Å². The van der Waals surface area contributed by atoms with Crippen molar-refractivity contribution in [2.24, 2.45) is 0 Å². The van der Waals surface area contributed by atoms with Gasteiger partial charge in [0.25, 0.3) is 0 Å². The van der Waals surface area contributed by atoms with Crippen LogP contribution in [0.4, 0.5) is 0 Å². The van der Waals surface area contributed by atoms with E-state index in [1.165, 1.54) is 0 Å². The number of nitrogens with one attached hydrogen (secondary N) is 1. The SMILES string of the molecule is [2H]S(=O)(=O)CCNC. The molecule has 0 aliphatic carbocycles. The molecule has 4 heteroatoms. The molecule has 0 saturated heterocycles. The Balaban J connectivity index is 3.42. The Labute approximate surface area is 45.8 Å². The minimum atomic E-state index is -3.50. The maximum atomic E-state index is 10.0. The van der Waals surface area contributed by atoms with E-state index in [0.29, 0.717) is 6.54 Å². The summed E-state index contributed by atoms with van der Waals surface area (Å²) < 4.78 is 26.4. The van der Waals surface area contributed by atoms with Gasteiger partial charge in [0.15, 0.2) is 1.12 Å². The van der Waals surface area contributed by atoms with Gasteiger partial charge >= 0.3 is 0 Å². The molecule has 0 aliphatic rings. The molecule has 1 N–H and O–H groups in total. The highest BCUT2D eigenvalue weighted by Crippen LogP contribution is 1.58. The largest absolute Gasteiger partial charge is 0.319 e. The molecule has 44 valence electrons. The van der Waals surface area contributed by atoms with Crippen LogP contribution in [-0.4, -0.2) is 28.9 Å². The Bertz CT molecular complexity index is 141. The van der Waals surface area contributed by atoms with Crippen molar-refractivity contribution < 1.29 is 8.42 Å². The predicted octanol–water partition coefficient (Wildman–Crippen LogP) is -1.18. The summed E-state index contributed by atoms with van der Waals surface area (Å²) in [6, 6.07) is 0. The molecule has 0 aliphatic heterocycles. The minimum absolute atomic E-state index is 0.108. The molecule has 7 heavy (non-hydrogen) atoms. The van der Waals surface area contributed by atoms with Gasteiger partial charge in [-0.2, -0.15) is 0 Å². The summed E-state index contributed by atoms with van der Waals surface area (Å²) in [7, 11) is -1.85. The third-order valence-electron chi connectivity index (χ3n) is 0.519. The van der Waals surface area contributed by atoms with E-state index in [9.17, 15) is 8.42 Å². The Hall–Kier alpha value is -0.0900. The molecule has 0 fully saturated rings. The lowest BCUT2D eigenvalue weighted by Crippen LogP contribution is -2.12. The lowest BCUT2D eigenvalue weighted by atomic mass is 10.8. The van der Waals surface area contributed by atoms with Crippen LogP contribution >= 0.6 is 0 Å². The van der Waals surface area contributed by atoms with E-state index in [-0.39, 0.29) is 5.75 Å². The van der Waals surface area contributed by atoms with E-state index in [1.807, 2.05) is 0 Å². The Morgan fingerprint density at radius 2 is 2.43 bits per heavy atom. The second-order valence-electron chi connectivity index (χ2n) is 1.11. The predicted molar refractivity (Wildman–Crippen MR) is 29.1 cm³/mol. The van der Waals surface area contributed by atoms with E-state index in [0.717, 1.165) is 0 Å². The average Bonchev–Trinajstić information content (AvgIpc) is 1.59. The first-order valence-corrected chi connectivity index (χ1v) is 3.22. The van der Waals surface area contributed by atoms with Crippen molar-refractivity contribution in [2.45, 2.75) is 0 Å². The zero-order valence-corrected chi connectivity index (χ0v) is 4.96. The molecule has 0 spiro atoms. The molecule has 3 nitrogen and oxygen atoms in total. The number of hydrogen-bond donors (Lipinski definition) is 2. The first kappa shape index (κ1) is 5.05. The molecule has 0 amide bonds. The van der Waals surface area contributed by atoms with Gasteiger partial charge in [-0.3, -0.25) is 0 Å². The van der Waals surface area contributed by atoms with Crippen molar-refractivity contribution in [1.29, 1.82) is 1.12 Å². The molecule has 0 aromatic heterocycles. The normalized spacial score (nSPS) is 13.6. The first-order valence-electron chi connectivity index (χ1n) is 2.38. The van der Waals surface area contributed by atoms with Crippen LogP contribution in [0, 0.1) is 0 Å². The highest BCUT2D eigenvalue weighted by Gasteiger charge is 1.80. The standard InChI is InChI=1S/C3H9NO2S/c1-4-2-3-7(5)6/h4,7H,2-3H2,1H3/i7D. The van der Waals surface area contributed by atoms with E-state index in [2.05, 4.69) is 5.32 Å². The zero-order valence-electron chi connectivity index (χ0n) is 5.14. The highest BCUT2D eigenvalue weighted by molar-refractivity contribution is 7.72. The Morgan fingerprint density at radius 1 is 1.86 bits per heavy atom. The van der Waals surface area contributed by atoms with Crippen LogP contribution in [0.2, 0.25) is 0 Å². The van der Waals surface area contributed by atoms with Gasteiger partial charge < -0.3 is 5.32 Å². The molecule has 0 bridgehead atoms. The second-order valence-corrected chi connectivity index (χ2v) is 2.13. The van der Waals surface area contributed by atoms with Gasteiger partial charge in [-0.05, 0) is 7.05 Å². The molecule has 0 unspecified atom stereocenters. The van der Waals surface area contributed by atoms with Gasteiger partial charge in [-0.15, -0.1) is 0 Å². The number of rotatable bonds is 3. The van der Waals surface area contributed by atoms with Crippen LogP contribution in [0.5, 0.6) is 0 Å². The van der Waals surface area contributed by atoms with E-state index in [4.69, 9.17) is 1.12 Å². The molecule has 0 saturated carbocycles. The van der Waals surface area contributed by atoms with Gasteiger partial charge in [0.05, 0.1) is 5.75 Å². The molecular formula is C3H9NO2S. The fourth-order valence-electron chi connectivity index (χ4n) is 0.185. The van der Waals surface area contributed by atoms with Crippen LogP contribution in [0.1, 0.15) is 0 Å². The van der Waals surface area contributed by atoms with E-state index < -0.39 is 10.6 Å². The van der Waals surface area contributed by atoms with Crippen molar-refractivity contribution in [1.82, 2.24) is 5.32 Å².